The summed E-state index contributed by atoms with van der Waals surface area (Å²) >= 11 is 0. The first-order chi connectivity index (χ1) is 19.6. The predicted molar refractivity (Wildman–Crippen MR) is 140 cm³/mol. The van der Waals surface area contributed by atoms with Crippen LogP contribution < -0.4 is 0 Å². The third-order valence-electron chi connectivity index (χ3n) is 11.0. The lowest BCUT2D eigenvalue weighted by Gasteiger charge is -2.59. The Morgan fingerprint density at radius 1 is 0.585 bits per heavy atom. The Bertz CT molecular complexity index is 869. The van der Waals surface area contributed by atoms with Crippen LogP contribution in [0.2, 0.25) is 0 Å². The highest BCUT2D eigenvalue weighted by Gasteiger charge is 2.59. The fraction of sp³-hybridized carbons (Fsp3) is 1.00. The number of rotatable bonds is 5. The smallest absolute Gasteiger partial charge is 0.187 e. The maximum Gasteiger partial charge on any atom is 0.187 e. The average molecular weight is 589 g/mol. The van der Waals surface area contributed by atoms with Gasteiger partial charge in [-0.15, -0.1) is 0 Å². The van der Waals surface area contributed by atoms with Gasteiger partial charge in [-0.1, -0.05) is 0 Å². The van der Waals surface area contributed by atoms with Gasteiger partial charge >= 0.3 is 0 Å². The molecule has 3 saturated heterocycles. The molecule has 0 aromatic heterocycles. The third-order valence-corrected chi connectivity index (χ3v) is 11.0. The van der Waals surface area contributed by atoms with E-state index in [1.54, 1.807) is 0 Å². The van der Waals surface area contributed by atoms with Crippen molar-refractivity contribution in [3.05, 3.63) is 0 Å². The largest absolute Gasteiger partial charge is 0.394 e. The van der Waals surface area contributed by atoms with E-state index in [2.05, 4.69) is 0 Å². The van der Waals surface area contributed by atoms with Crippen LogP contribution in [-0.4, -0.2) is 133 Å². The van der Waals surface area contributed by atoms with Gasteiger partial charge in [0, 0.05) is 5.92 Å². The summed E-state index contributed by atoms with van der Waals surface area (Å²) in [5.41, 5.74) is 0. The Labute approximate surface area is 240 Å². The van der Waals surface area contributed by atoms with Gasteiger partial charge in [-0.25, -0.2) is 0 Å². The van der Waals surface area contributed by atoms with Gasteiger partial charge in [0.2, 0.25) is 0 Å². The molecule has 0 radical (unpaired) electrons. The van der Waals surface area contributed by atoms with Crippen molar-refractivity contribution < 1.29 is 59.8 Å². The Hall–Kier alpha value is -0.480. The zero-order chi connectivity index (χ0) is 29.0. The standard InChI is InChI=1S/C29H48O12/c30-11-22-24(35)25(36)26(37)29(40-22)41-28-16-10-19(12-1-4-14(31)5-2-12)38-20-8-15(32)9-21(23(16)20)39-27(28)13-3-6-17(33)18(34)7-13/h12-37H,1-11H2. The Balaban J connectivity index is 1.32. The van der Waals surface area contributed by atoms with Crippen LogP contribution in [0.25, 0.3) is 0 Å². The number of hydrogen-bond donors (Lipinski definition) is 8. The van der Waals surface area contributed by atoms with Crippen LogP contribution in [-0.2, 0) is 18.9 Å². The van der Waals surface area contributed by atoms with Crippen molar-refractivity contribution in [2.24, 2.45) is 23.7 Å². The molecule has 16 unspecified atom stereocenters. The quantitative estimate of drug-likeness (QED) is 0.186. The van der Waals surface area contributed by atoms with E-state index < -0.39 is 67.8 Å². The summed E-state index contributed by atoms with van der Waals surface area (Å²) in [6.45, 7) is -0.570. The van der Waals surface area contributed by atoms with Crippen LogP contribution in [0.15, 0.2) is 0 Å². The summed E-state index contributed by atoms with van der Waals surface area (Å²) < 4.78 is 25.7. The van der Waals surface area contributed by atoms with Gasteiger partial charge in [0.25, 0.3) is 0 Å². The van der Waals surface area contributed by atoms with Gasteiger partial charge in [-0.3, -0.25) is 0 Å². The molecule has 6 aliphatic rings. The topological polar surface area (TPSA) is 199 Å². The SMILES string of the molecule is OCC1OC(OC2C3CC(C4CCC(O)CC4)OC4CC(O)CC(OC2C2CCC(O)C(O)C2)C43)C(O)C(O)C1O. The average Bonchev–Trinajstić information content (AvgIpc) is 2.95. The van der Waals surface area contributed by atoms with Gasteiger partial charge in [0.1, 0.15) is 24.4 Å². The maximum absolute atomic E-state index is 10.9. The van der Waals surface area contributed by atoms with Crippen molar-refractivity contribution in [2.75, 3.05) is 6.61 Å². The van der Waals surface area contributed by atoms with Crippen molar-refractivity contribution in [3.8, 4) is 0 Å². The van der Waals surface area contributed by atoms with Gasteiger partial charge in [-0.05, 0) is 82.0 Å². The van der Waals surface area contributed by atoms with Crippen LogP contribution in [0.3, 0.4) is 0 Å². The fourth-order valence-corrected chi connectivity index (χ4v) is 8.74. The number of aliphatic hydroxyl groups excluding tert-OH is 8. The molecular formula is C29H48O12. The van der Waals surface area contributed by atoms with Crippen LogP contribution >= 0.6 is 0 Å². The fourth-order valence-electron chi connectivity index (χ4n) is 8.74. The molecule has 0 amide bonds. The molecule has 6 fully saturated rings. The highest BCUT2D eigenvalue weighted by atomic mass is 16.7. The highest BCUT2D eigenvalue weighted by molar-refractivity contribution is 5.06. The summed E-state index contributed by atoms with van der Waals surface area (Å²) in [7, 11) is 0. The lowest BCUT2D eigenvalue weighted by Crippen LogP contribution is -2.67. The van der Waals surface area contributed by atoms with Crippen molar-refractivity contribution in [1.29, 1.82) is 0 Å². The number of aliphatic hydroxyl groups is 8. The Morgan fingerprint density at radius 3 is 1.95 bits per heavy atom. The van der Waals surface area contributed by atoms with Gasteiger partial charge < -0.3 is 59.8 Å². The van der Waals surface area contributed by atoms with E-state index >= 15 is 0 Å². The lowest BCUT2D eigenvalue weighted by molar-refractivity contribution is -0.352. The van der Waals surface area contributed by atoms with Crippen LogP contribution in [0.1, 0.15) is 64.2 Å². The summed E-state index contributed by atoms with van der Waals surface area (Å²) in [5, 5.41) is 83.1. The molecule has 6 rings (SSSR count). The maximum atomic E-state index is 10.9. The summed E-state index contributed by atoms with van der Waals surface area (Å²) in [6.07, 6.45) is -5.61. The minimum absolute atomic E-state index is 0.0888. The minimum atomic E-state index is -1.58. The first-order valence-corrected chi connectivity index (χ1v) is 15.6. The molecule has 8 N–H and O–H groups in total. The monoisotopic (exact) mass is 588 g/mol. The van der Waals surface area contributed by atoms with Crippen molar-refractivity contribution in [1.82, 2.24) is 0 Å². The van der Waals surface area contributed by atoms with E-state index in [0.29, 0.717) is 51.4 Å². The van der Waals surface area contributed by atoms with Crippen LogP contribution in [0.4, 0.5) is 0 Å². The highest BCUT2D eigenvalue weighted by Crippen LogP contribution is 2.52. The Kier molecular flexibility index (Phi) is 9.30. The summed E-state index contributed by atoms with van der Waals surface area (Å²) in [4.78, 5) is 0. The van der Waals surface area contributed by atoms with Crippen molar-refractivity contribution in [2.45, 2.75) is 150 Å². The molecule has 0 aromatic rings. The van der Waals surface area contributed by atoms with E-state index in [-0.39, 0.29) is 48.1 Å². The molecule has 0 bridgehead atoms. The van der Waals surface area contributed by atoms with E-state index in [4.69, 9.17) is 18.9 Å². The first kappa shape index (κ1) is 30.5. The van der Waals surface area contributed by atoms with E-state index in [1.165, 1.54) is 0 Å². The summed E-state index contributed by atoms with van der Waals surface area (Å²) in [5.74, 6) is -0.127. The molecule has 16 atom stereocenters. The van der Waals surface area contributed by atoms with Gasteiger partial charge in [0.05, 0.1) is 61.5 Å². The van der Waals surface area contributed by atoms with Gasteiger partial charge in [0.15, 0.2) is 6.29 Å². The molecule has 236 valence electrons. The molecule has 3 saturated carbocycles. The number of hydrogen-bond acceptors (Lipinski definition) is 12. The van der Waals surface area contributed by atoms with Crippen LogP contribution in [0.5, 0.6) is 0 Å². The van der Waals surface area contributed by atoms with E-state index in [1.807, 2.05) is 0 Å². The lowest BCUT2D eigenvalue weighted by atomic mass is 9.63. The molecule has 0 aromatic carbocycles. The zero-order valence-corrected chi connectivity index (χ0v) is 23.4. The molecule has 0 spiro atoms. The number of ether oxygens (including phenoxy) is 4. The van der Waals surface area contributed by atoms with Crippen molar-refractivity contribution >= 4 is 0 Å². The van der Waals surface area contributed by atoms with Crippen molar-refractivity contribution in [3.63, 3.8) is 0 Å². The molecule has 12 heteroatoms. The third kappa shape index (κ3) is 5.97. The second-order valence-corrected chi connectivity index (χ2v) is 13.5. The molecule has 3 aliphatic carbocycles. The predicted octanol–water partition coefficient (Wildman–Crippen LogP) is -1.44. The molecule has 3 aliphatic heterocycles. The second kappa shape index (κ2) is 12.5. The normalized spacial score (nSPS) is 56.2. The van der Waals surface area contributed by atoms with Gasteiger partial charge in [-0.2, -0.15) is 0 Å². The molecule has 41 heavy (non-hydrogen) atoms. The second-order valence-electron chi connectivity index (χ2n) is 13.5. The van der Waals surface area contributed by atoms with E-state index in [0.717, 1.165) is 12.8 Å². The molecular weight excluding hydrogens is 540 g/mol. The Morgan fingerprint density at radius 2 is 1.27 bits per heavy atom. The van der Waals surface area contributed by atoms with Crippen LogP contribution in [0, 0.1) is 23.7 Å². The zero-order valence-electron chi connectivity index (χ0n) is 23.4. The molecule has 3 heterocycles. The van der Waals surface area contributed by atoms with E-state index in [9.17, 15) is 40.9 Å². The first-order valence-electron chi connectivity index (χ1n) is 15.6. The molecule has 12 nitrogen and oxygen atoms in total. The minimum Gasteiger partial charge on any atom is -0.394 e. The summed E-state index contributed by atoms with van der Waals surface area (Å²) in [6, 6.07) is 0.